The third-order valence-electron chi connectivity index (χ3n) is 2.46. The first kappa shape index (κ1) is 14.3. The first-order valence-electron chi connectivity index (χ1n) is 5.97. The van der Waals surface area contributed by atoms with E-state index >= 15 is 0 Å². The van der Waals surface area contributed by atoms with E-state index in [2.05, 4.69) is 20.3 Å². The SMILES string of the molecule is NC(=O)CCOc1ccc(NC(=O)c2nonc2N)cc1. The average Bonchev–Trinajstić information content (AvgIpc) is 2.87. The smallest absolute Gasteiger partial charge is 0.281 e. The van der Waals surface area contributed by atoms with Crippen LogP contribution in [0.4, 0.5) is 11.5 Å². The van der Waals surface area contributed by atoms with Gasteiger partial charge in [0.05, 0.1) is 13.0 Å². The van der Waals surface area contributed by atoms with Crippen molar-refractivity contribution < 1.29 is 19.0 Å². The second-order valence-corrected chi connectivity index (χ2v) is 4.04. The number of hydrogen-bond acceptors (Lipinski definition) is 7. The van der Waals surface area contributed by atoms with Crippen LogP contribution in [0.3, 0.4) is 0 Å². The van der Waals surface area contributed by atoms with Gasteiger partial charge < -0.3 is 21.5 Å². The van der Waals surface area contributed by atoms with E-state index in [0.717, 1.165) is 0 Å². The highest BCUT2D eigenvalue weighted by Crippen LogP contribution is 2.17. The molecular weight excluding hydrogens is 278 g/mol. The number of nitrogens with two attached hydrogens (primary N) is 2. The number of hydrogen-bond donors (Lipinski definition) is 3. The van der Waals surface area contributed by atoms with Crippen molar-refractivity contribution in [3.8, 4) is 5.75 Å². The summed E-state index contributed by atoms with van der Waals surface area (Å²) in [7, 11) is 0. The molecule has 1 aromatic carbocycles. The van der Waals surface area contributed by atoms with Crippen LogP contribution >= 0.6 is 0 Å². The molecule has 0 spiro atoms. The Hall–Kier alpha value is -3.10. The van der Waals surface area contributed by atoms with Crippen molar-refractivity contribution in [3.63, 3.8) is 0 Å². The first-order chi connectivity index (χ1) is 10.1. The Bertz CT molecular complexity index is 637. The minimum absolute atomic E-state index is 0.0843. The Labute approximate surface area is 119 Å². The zero-order chi connectivity index (χ0) is 15.2. The van der Waals surface area contributed by atoms with Gasteiger partial charge in [-0.25, -0.2) is 4.63 Å². The highest BCUT2D eigenvalue weighted by molar-refractivity contribution is 6.05. The molecule has 2 rings (SSSR count). The van der Waals surface area contributed by atoms with Gasteiger partial charge in [0, 0.05) is 5.69 Å². The quantitative estimate of drug-likeness (QED) is 0.686. The molecule has 0 unspecified atom stereocenters. The standard InChI is InChI=1S/C12H13N5O4/c13-9(18)5-6-20-8-3-1-7(2-4-8)15-12(19)10-11(14)17-21-16-10/h1-4H,5-6H2,(H2,13,18)(H2,14,17)(H,15,19). The lowest BCUT2D eigenvalue weighted by molar-refractivity contribution is -0.118. The van der Waals surface area contributed by atoms with Crippen LogP contribution in [0.15, 0.2) is 28.9 Å². The van der Waals surface area contributed by atoms with Crippen LogP contribution < -0.4 is 21.5 Å². The first-order valence-corrected chi connectivity index (χ1v) is 5.97. The molecule has 1 heterocycles. The van der Waals surface area contributed by atoms with Gasteiger partial charge in [-0.2, -0.15) is 0 Å². The van der Waals surface area contributed by atoms with Gasteiger partial charge in [0.1, 0.15) is 5.75 Å². The molecule has 0 bridgehead atoms. The maximum atomic E-state index is 11.8. The van der Waals surface area contributed by atoms with E-state index in [1.807, 2.05) is 0 Å². The molecule has 0 radical (unpaired) electrons. The number of carbonyl (C=O) groups excluding carboxylic acids is 2. The van der Waals surface area contributed by atoms with Crippen LogP contribution in [0, 0.1) is 0 Å². The molecule has 21 heavy (non-hydrogen) atoms. The third-order valence-corrected chi connectivity index (χ3v) is 2.46. The van der Waals surface area contributed by atoms with E-state index in [-0.39, 0.29) is 24.5 Å². The van der Waals surface area contributed by atoms with Gasteiger partial charge in [-0.15, -0.1) is 0 Å². The fourth-order valence-electron chi connectivity index (χ4n) is 1.45. The molecule has 0 aliphatic heterocycles. The van der Waals surface area contributed by atoms with Gasteiger partial charge in [0.2, 0.25) is 17.4 Å². The van der Waals surface area contributed by atoms with Crippen molar-refractivity contribution in [2.24, 2.45) is 5.73 Å². The number of ether oxygens (including phenoxy) is 1. The van der Waals surface area contributed by atoms with Gasteiger partial charge in [0.25, 0.3) is 5.91 Å². The molecule has 0 saturated heterocycles. The molecule has 9 nitrogen and oxygen atoms in total. The summed E-state index contributed by atoms with van der Waals surface area (Å²) in [5.41, 5.74) is 10.8. The highest BCUT2D eigenvalue weighted by atomic mass is 16.6. The summed E-state index contributed by atoms with van der Waals surface area (Å²) < 4.78 is 9.64. The van der Waals surface area contributed by atoms with Crippen LogP contribution in [0.1, 0.15) is 16.9 Å². The second-order valence-electron chi connectivity index (χ2n) is 4.04. The van der Waals surface area contributed by atoms with Gasteiger partial charge >= 0.3 is 0 Å². The maximum Gasteiger partial charge on any atom is 0.281 e. The van der Waals surface area contributed by atoms with Gasteiger partial charge in [0.15, 0.2) is 0 Å². The molecule has 1 aromatic heterocycles. The van der Waals surface area contributed by atoms with Crippen molar-refractivity contribution in [1.29, 1.82) is 0 Å². The molecule has 2 amide bonds. The van der Waals surface area contributed by atoms with Gasteiger partial charge in [-0.05, 0) is 34.6 Å². The Kier molecular flexibility index (Phi) is 4.34. The molecule has 2 aromatic rings. The number of amides is 2. The van der Waals surface area contributed by atoms with Crippen molar-refractivity contribution in [2.45, 2.75) is 6.42 Å². The number of carbonyl (C=O) groups is 2. The summed E-state index contributed by atoms with van der Waals surface area (Å²) in [6.07, 6.45) is 0.136. The number of nitrogens with zero attached hydrogens (tertiary/aromatic N) is 2. The highest BCUT2D eigenvalue weighted by Gasteiger charge is 2.15. The number of nitrogen functional groups attached to an aromatic ring is 1. The fraction of sp³-hybridized carbons (Fsp3) is 0.167. The molecular formula is C12H13N5O4. The predicted molar refractivity (Wildman–Crippen MR) is 72.4 cm³/mol. The Morgan fingerprint density at radius 3 is 2.52 bits per heavy atom. The van der Waals surface area contributed by atoms with E-state index in [1.54, 1.807) is 24.3 Å². The van der Waals surface area contributed by atoms with Crippen molar-refractivity contribution in [2.75, 3.05) is 17.7 Å². The minimum Gasteiger partial charge on any atom is -0.493 e. The van der Waals surface area contributed by atoms with E-state index in [9.17, 15) is 9.59 Å². The summed E-state index contributed by atoms with van der Waals surface area (Å²) in [5, 5.41) is 9.28. The topological polar surface area (TPSA) is 146 Å². The number of aromatic nitrogens is 2. The summed E-state index contributed by atoms with van der Waals surface area (Å²) in [6, 6.07) is 6.53. The van der Waals surface area contributed by atoms with Crippen LogP contribution in [0.5, 0.6) is 5.75 Å². The van der Waals surface area contributed by atoms with Crippen LogP contribution in [-0.2, 0) is 4.79 Å². The number of primary amides is 1. The van der Waals surface area contributed by atoms with Crippen molar-refractivity contribution >= 4 is 23.3 Å². The zero-order valence-corrected chi connectivity index (χ0v) is 10.9. The third kappa shape index (κ3) is 3.93. The number of anilines is 2. The Balaban J connectivity index is 1.92. The summed E-state index contributed by atoms with van der Waals surface area (Å²) in [5.74, 6) is -0.496. The molecule has 0 saturated carbocycles. The summed E-state index contributed by atoms with van der Waals surface area (Å²) >= 11 is 0. The molecule has 0 aliphatic rings. The van der Waals surface area contributed by atoms with Crippen LogP contribution in [-0.4, -0.2) is 28.7 Å². The Morgan fingerprint density at radius 2 is 1.95 bits per heavy atom. The zero-order valence-electron chi connectivity index (χ0n) is 10.9. The van der Waals surface area contributed by atoms with E-state index in [4.69, 9.17) is 16.2 Å². The molecule has 0 aliphatic carbocycles. The molecule has 110 valence electrons. The van der Waals surface area contributed by atoms with E-state index in [0.29, 0.717) is 11.4 Å². The molecule has 0 atom stereocenters. The maximum absolute atomic E-state index is 11.8. The summed E-state index contributed by atoms with van der Waals surface area (Å²) in [6.45, 7) is 0.197. The lowest BCUT2D eigenvalue weighted by Crippen LogP contribution is -2.15. The number of rotatable bonds is 6. The summed E-state index contributed by atoms with van der Waals surface area (Å²) in [4.78, 5) is 22.4. The molecule has 9 heteroatoms. The lowest BCUT2D eigenvalue weighted by Gasteiger charge is -2.06. The van der Waals surface area contributed by atoms with Gasteiger partial charge in [-0.1, -0.05) is 0 Å². The molecule has 5 N–H and O–H groups in total. The second kappa shape index (κ2) is 6.37. The van der Waals surface area contributed by atoms with E-state index in [1.165, 1.54) is 0 Å². The van der Waals surface area contributed by atoms with E-state index < -0.39 is 11.8 Å². The average molecular weight is 291 g/mol. The van der Waals surface area contributed by atoms with Crippen molar-refractivity contribution in [1.82, 2.24) is 10.3 Å². The Morgan fingerprint density at radius 1 is 1.24 bits per heavy atom. The largest absolute Gasteiger partial charge is 0.493 e. The van der Waals surface area contributed by atoms with Crippen LogP contribution in [0.2, 0.25) is 0 Å². The van der Waals surface area contributed by atoms with Gasteiger partial charge in [-0.3, -0.25) is 9.59 Å². The fourth-order valence-corrected chi connectivity index (χ4v) is 1.45. The predicted octanol–water partition coefficient (Wildman–Crippen LogP) is 0.158. The minimum atomic E-state index is -0.531. The number of benzene rings is 1. The molecule has 0 fully saturated rings. The lowest BCUT2D eigenvalue weighted by atomic mass is 10.3. The monoisotopic (exact) mass is 291 g/mol. The normalized spacial score (nSPS) is 10.1. The number of nitrogens with one attached hydrogen (secondary N) is 1. The van der Waals surface area contributed by atoms with Crippen LogP contribution in [0.25, 0.3) is 0 Å². The van der Waals surface area contributed by atoms with Crippen molar-refractivity contribution in [3.05, 3.63) is 30.0 Å².